The van der Waals surface area contributed by atoms with Crippen molar-refractivity contribution in [3.63, 3.8) is 0 Å². The first-order valence-corrected chi connectivity index (χ1v) is 21.5. The summed E-state index contributed by atoms with van der Waals surface area (Å²) in [6.07, 6.45) is 4.31. The number of carbonyl (C=O) groups excluding carboxylic acids is 2. The maximum absolute atomic E-state index is 12.9. The molecule has 2 aromatic carbocycles. The summed E-state index contributed by atoms with van der Waals surface area (Å²) in [5.41, 5.74) is 4.23. The molecule has 13 nitrogen and oxygen atoms in total. The average molecular weight is 829 g/mol. The van der Waals surface area contributed by atoms with Crippen molar-refractivity contribution in [2.45, 2.75) is 89.9 Å². The minimum absolute atomic E-state index is 0.00245. The first kappa shape index (κ1) is 47.3. The molecule has 4 rings (SSSR count). The van der Waals surface area contributed by atoms with Gasteiger partial charge in [0.15, 0.2) is 15.7 Å². The smallest absolute Gasteiger partial charge is 0.246 e. The Bertz CT molecular complexity index is 1880. The van der Waals surface area contributed by atoms with E-state index in [0.717, 1.165) is 37.2 Å². The molecule has 1 fully saturated rings. The molecule has 1 aliphatic heterocycles. The zero-order valence-electron chi connectivity index (χ0n) is 34.8. The normalized spacial score (nSPS) is 13.6. The van der Waals surface area contributed by atoms with Crippen LogP contribution in [0.25, 0.3) is 0 Å². The molecule has 0 bridgehead atoms. The quantitative estimate of drug-likeness (QED) is 0.0715. The summed E-state index contributed by atoms with van der Waals surface area (Å²) in [6.45, 7) is 21.2. The first-order chi connectivity index (χ1) is 27.0. The predicted molar refractivity (Wildman–Crippen MR) is 230 cm³/mol. The number of aromatic nitrogens is 2. The number of benzene rings is 2. The summed E-state index contributed by atoms with van der Waals surface area (Å²) >= 11 is 6.41. The van der Waals surface area contributed by atoms with Gasteiger partial charge in [-0.3, -0.25) is 9.59 Å². The van der Waals surface area contributed by atoms with Gasteiger partial charge < -0.3 is 35.6 Å². The molecule has 3 aromatic rings. The van der Waals surface area contributed by atoms with Gasteiger partial charge in [0.25, 0.3) is 0 Å². The lowest BCUT2D eigenvalue weighted by atomic mass is 9.86. The van der Waals surface area contributed by atoms with Crippen molar-refractivity contribution in [2.75, 3.05) is 63.7 Å². The number of sulfone groups is 1. The van der Waals surface area contributed by atoms with Crippen LogP contribution in [0.15, 0.2) is 65.7 Å². The molecule has 0 aliphatic carbocycles. The SMILES string of the molecule is C=C(C(=O)NCCOCCNC(=O)CCN1CCC(c2ccc(Nc3ncc(Cl)c(Nc4ccccc4S(=O)(=O)C(C)C)n3)cc2C)CC1)C(C)C.COC(C)C. The maximum Gasteiger partial charge on any atom is 0.246 e. The van der Waals surface area contributed by atoms with E-state index < -0.39 is 15.1 Å². The second-order valence-corrected chi connectivity index (χ2v) is 17.7. The van der Waals surface area contributed by atoms with Gasteiger partial charge in [0, 0.05) is 44.4 Å². The second kappa shape index (κ2) is 23.4. The number of hydrogen-bond acceptors (Lipinski definition) is 11. The highest BCUT2D eigenvalue weighted by Crippen LogP contribution is 2.33. The van der Waals surface area contributed by atoms with E-state index in [4.69, 9.17) is 21.1 Å². The number of piperidine rings is 1. The summed E-state index contributed by atoms with van der Waals surface area (Å²) in [4.78, 5) is 35.7. The van der Waals surface area contributed by atoms with Crippen molar-refractivity contribution in [1.82, 2.24) is 25.5 Å². The highest BCUT2D eigenvalue weighted by atomic mass is 35.5. The Morgan fingerprint density at radius 2 is 1.63 bits per heavy atom. The summed E-state index contributed by atoms with van der Waals surface area (Å²) in [5.74, 6) is 0.986. The van der Waals surface area contributed by atoms with Gasteiger partial charge in [-0.15, -0.1) is 0 Å². The monoisotopic (exact) mass is 827 g/mol. The van der Waals surface area contributed by atoms with Gasteiger partial charge in [0.2, 0.25) is 17.8 Å². The van der Waals surface area contributed by atoms with Crippen molar-refractivity contribution in [2.24, 2.45) is 5.92 Å². The van der Waals surface area contributed by atoms with Crippen molar-refractivity contribution < 1.29 is 27.5 Å². The third-order valence-electron chi connectivity index (χ3n) is 9.58. The number of rotatable bonds is 19. The lowest BCUT2D eigenvalue weighted by Crippen LogP contribution is -2.37. The van der Waals surface area contributed by atoms with Crippen LogP contribution in [0.4, 0.5) is 23.1 Å². The van der Waals surface area contributed by atoms with Crippen LogP contribution in [0.3, 0.4) is 0 Å². The van der Waals surface area contributed by atoms with Crippen LogP contribution in [-0.2, 0) is 28.9 Å². The number of methoxy groups -OCH3 is 1. The van der Waals surface area contributed by atoms with Crippen LogP contribution in [0.5, 0.6) is 0 Å². The summed E-state index contributed by atoms with van der Waals surface area (Å²) in [5, 5.41) is 11.7. The van der Waals surface area contributed by atoms with Crippen molar-refractivity contribution in [1.29, 1.82) is 0 Å². The fourth-order valence-electron chi connectivity index (χ4n) is 5.85. The van der Waals surface area contributed by atoms with Crippen LogP contribution in [0, 0.1) is 12.8 Å². The molecular formula is C42H62ClN7O6S. The van der Waals surface area contributed by atoms with Gasteiger partial charge in [-0.1, -0.05) is 50.2 Å². The van der Waals surface area contributed by atoms with E-state index in [0.29, 0.717) is 74.3 Å². The number of halogens is 1. The standard InChI is InChI=1S/C38H52ClN7O5S.C4H10O/c1-25(2)28(6)37(48)41-17-22-51-21-16-40-35(47)15-20-46-18-13-29(14-19-46)31-12-11-30(23-27(31)5)43-38-42-24-32(39)36(45-38)44-33-9-7-8-10-34(33)52(49,50)26(3)4;1-4(2)5-3/h7-12,23-26,29H,6,13-22H2,1-5H3,(H,40,47)(H,41,48)(H2,42,43,44,45);4H,1-3H3. The molecule has 0 atom stereocenters. The number of nitrogens with zero attached hydrogens (tertiary/aromatic N) is 3. The van der Waals surface area contributed by atoms with Crippen molar-refractivity contribution >= 4 is 56.4 Å². The number of nitrogens with one attached hydrogen (secondary N) is 4. The van der Waals surface area contributed by atoms with E-state index >= 15 is 0 Å². The molecule has 314 valence electrons. The fourth-order valence-corrected chi connectivity index (χ4v) is 7.19. The number of ether oxygens (including phenoxy) is 2. The summed E-state index contributed by atoms with van der Waals surface area (Å²) in [6, 6.07) is 12.9. The Morgan fingerprint density at radius 1 is 0.982 bits per heavy atom. The Labute approximate surface area is 344 Å². The number of amides is 2. The van der Waals surface area contributed by atoms with Gasteiger partial charge in [-0.25, -0.2) is 13.4 Å². The molecule has 1 saturated heterocycles. The summed E-state index contributed by atoms with van der Waals surface area (Å²) < 4.78 is 36.1. The number of hydrogen-bond donors (Lipinski definition) is 4. The Balaban J connectivity index is 0.00000163. The zero-order valence-corrected chi connectivity index (χ0v) is 36.4. The van der Waals surface area contributed by atoms with Crippen LogP contribution >= 0.6 is 11.6 Å². The zero-order chi connectivity index (χ0) is 42.1. The van der Waals surface area contributed by atoms with Gasteiger partial charge >= 0.3 is 0 Å². The molecule has 1 aliphatic rings. The highest BCUT2D eigenvalue weighted by Gasteiger charge is 2.24. The van der Waals surface area contributed by atoms with E-state index in [1.807, 2.05) is 33.8 Å². The molecule has 57 heavy (non-hydrogen) atoms. The van der Waals surface area contributed by atoms with Crippen LogP contribution in [0.2, 0.25) is 5.02 Å². The first-order valence-electron chi connectivity index (χ1n) is 19.6. The lowest BCUT2D eigenvalue weighted by Gasteiger charge is -2.32. The van der Waals surface area contributed by atoms with E-state index in [9.17, 15) is 18.0 Å². The van der Waals surface area contributed by atoms with Gasteiger partial charge in [-0.05, 0) is 108 Å². The molecule has 2 heterocycles. The molecule has 0 saturated carbocycles. The number of likely N-dealkylation sites (tertiary alicyclic amines) is 1. The molecule has 0 radical (unpaired) electrons. The Kier molecular flexibility index (Phi) is 19.4. The fraction of sp³-hybridized carbons (Fsp3) is 0.524. The summed E-state index contributed by atoms with van der Waals surface area (Å²) in [7, 11) is -1.84. The van der Waals surface area contributed by atoms with E-state index in [1.165, 1.54) is 11.8 Å². The van der Waals surface area contributed by atoms with Crippen LogP contribution in [0.1, 0.15) is 77.8 Å². The maximum atomic E-state index is 12.9. The molecule has 15 heteroatoms. The minimum atomic E-state index is -3.54. The minimum Gasteiger partial charge on any atom is -0.382 e. The molecule has 0 unspecified atom stereocenters. The topological polar surface area (TPSA) is 164 Å². The number of para-hydroxylation sites is 1. The predicted octanol–water partition coefficient (Wildman–Crippen LogP) is 7.18. The van der Waals surface area contributed by atoms with E-state index in [-0.39, 0.29) is 27.7 Å². The third kappa shape index (κ3) is 15.3. The second-order valence-electron chi connectivity index (χ2n) is 14.8. The largest absolute Gasteiger partial charge is 0.382 e. The van der Waals surface area contributed by atoms with E-state index in [2.05, 4.69) is 61.8 Å². The average Bonchev–Trinajstić information content (AvgIpc) is 3.18. The number of carbonyl (C=O) groups is 2. The number of anilines is 4. The molecule has 4 N–H and O–H groups in total. The van der Waals surface area contributed by atoms with Crippen LogP contribution in [-0.4, -0.2) is 99.5 Å². The van der Waals surface area contributed by atoms with E-state index in [1.54, 1.807) is 45.2 Å². The molecular weight excluding hydrogens is 766 g/mol. The van der Waals surface area contributed by atoms with Crippen molar-refractivity contribution in [3.8, 4) is 0 Å². The van der Waals surface area contributed by atoms with Crippen LogP contribution < -0.4 is 21.3 Å². The Hall–Kier alpha value is -4.08. The third-order valence-corrected chi connectivity index (χ3v) is 12.1. The van der Waals surface area contributed by atoms with Gasteiger partial charge in [0.05, 0.1) is 41.3 Å². The Morgan fingerprint density at radius 3 is 2.25 bits per heavy atom. The molecule has 2 amide bonds. The lowest BCUT2D eigenvalue weighted by molar-refractivity contribution is -0.121. The number of aryl methyl sites for hydroxylation is 1. The van der Waals surface area contributed by atoms with Crippen molar-refractivity contribution in [3.05, 3.63) is 77.0 Å². The molecule has 1 aromatic heterocycles. The van der Waals surface area contributed by atoms with Gasteiger partial charge in [0.1, 0.15) is 5.02 Å². The van der Waals surface area contributed by atoms with Gasteiger partial charge in [-0.2, -0.15) is 4.98 Å². The molecule has 0 spiro atoms. The highest BCUT2D eigenvalue weighted by molar-refractivity contribution is 7.92.